The van der Waals surface area contributed by atoms with Gasteiger partial charge in [0.2, 0.25) is 5.95 Å². The number of aromatic nitrogens is 4. The molecule has 2 aromatic rings. The van der Waals surface area contributed by atoms with E-state index in [1.54, 1.807) is 64.6 Å². The van der Waals surface area contributed by atoms with E-state index in [2.05, 4.69) is 15.3 Å². The number of methoxy groups -OCH3 is 1. The number of hydrogen-bond donors (Lipinski definition) is 5. The highest BCUT2D eigenvalue weighted by molar-refractivity contribution is 5.73. The van der Waals surface area contributed by atoms with Gasteiger partial charge >= 0.3 is 5.97 Å². The summed E-state index contributed by atoms with van der Waals surface area (Å²) < 4.78 is 47.8. The van der Waals surface area contributed by atoms with Crippen LogP contribution in [0.4, 0.5) is 4.39 Å². The number of hydrogen-bond acceptors (Lipinski definition) is 16. The second kappa shape index (κ2) is 21.7. The van der Waals surface area contributed by atoms with Crippen LogP contribution >= 0.6 is 0 Å². The maximum Gasteiger partial charge on any atom is 0.309 e. The number of carbonyl (C=O) groups is 1. The molecule has 0 bridgehead atoms. The van der Waals surface area contributed by atoms with E-state index in [0.29, 0.717) is 37.2 Å². The monoisotopic (exact) mass is 923 g/mol. The predicted molar refractivity (Wildman–Crippen MR) is 239 cm³/mol. The Labute approximate surface area is 384 Å². The fraction of sp³-hybridized carbons (Fsp3) is 0.830. The molecular weight excluding hydrogens is 844 g/mol. The van der Waals surface area contributed by atoms with Crippen LogP contribution in [0.5, 0.6) is 0 Å². The zero-order chi connectivity index (χ0) is 48.3. The SMILES string of the molecule is CC[C@H]1OC(=O)[C@H](C)[C@@H](C2C[C@@](C)(OC)[C@@H](O)[C@H](C)O2)[C@H](C)[C@@H](O[C@@H]2O[C@H](C)C[C@H](N(C)CCc3cn(Cc4cccnc4F)nn3)[C@H]2O)[C@](C)(O)C[C@@H](C)CN(C)[C@H](C)[C@@H](O)[C@]1(C)O. The summed E-state index contributed by atoms with van der Waals surface area (Å²) in [6.07, 6.45) is -3.82. The summed E-state index contributed by atoms with van der Waals surface area (Å²) in [5.41, 5.74) is -3.38. The van der Waals surface area contributed by atoms with E-state index in [1.165, 1.54) is 20.2 Å². The molecule has 3 aliphatic rings. The molecule has 18 atom stereocenters. The third-order valence-electron chi connectivity index (χ3n) is 14.9. The van der Waals surface area contributed by atoms with E-state index in [9.17, 15) is 34.7 Å². The van der Waals surface area contributed by atoms with Crippen LogP contribution in [0.3, 0.4) is 0 Å². The molecule has 0 saturated carbocycles. The number of likely N-dealkylation sites (N-methyl/N-ethyl adjacent to an activating group) is 2. The molecule has 5 rings (SSSR count). The second-order valence-corrected chi connectivity index (χ2v) is 20.4. The number of rotatable bonds is 11. The van der Waals surface area contributed by atoms with Crippen molar-refractivity contribution >= 4 is 5.97 Å². The van der Waals surface area contributed by atoms with E-state index < -0.39 is 108 Å². The Balaban J connectivity index is 1.48. The van der Waals surface area contributed by atoms with Gasteiger partial charge in [-0.15, -0.1) is 5.10 Å². The first-order chi connectivity index (χ1) is 30.3. The minimum absolute atomic E-state index is 0.178. The van der Waals surface area contributed by atoms with Crippen LogP contribution in [0.15, 0.2) is 24.5 Å². The molecule has 3 aliphatic heterocycles. The Morgan fingerprint density at radius 1 is 1.03 bits per heavy atom. The number of nitrogens with zero attached hydrogens (tertiary/aromatic N) is 6. The average Bonchev–Trinajstić information content (AvgIpc) is 3.70. The van der Waals surface area contributed by atoms with Gasteiger partial charge in [-0.2, -0.15) is 4.39 Å². The normalized spacial score (nSPS) is 42.0. The third kappa shape index (κ3) is 12.1. The van der Waals surface area contributed by atoms with Crippen molar-refractivity contribution < 1.29 is 58.4 Å². The van der Waals surface area contributed by atoms with Crippen LogP contribution in [-0.2, 0) is 41.4 Å². The van der Waals surface area contributed by atoms with E-state index in [4.69, 9.17) is 23.7 Å². The minimum Gasteiger partial charge on any atom is -0.459 e. The van der Waals surface area contributed by atoms with Crippen molar-refractivity contribution in [3.63, 3.8) is 0 Å². The fourth-order valence-corrected chi connectivity index (χ4v) is 10.9. The first kappa shape index (κ1) is 53.2. The molecule has 0 radical (unpaired) electrons. The summed E-state index contributed by atoms with van der Waals surface area (Å²) in [6, 6.07) is 2.32. The molecule has 18 heteroatoms. The van der Waals surface area contributed by atoms with Crippen LogP contribution in [0.2, 0.25) is 0 Å². The van der Waals surface area contributed by atoms with Gasteiger partial charge in [0.15, 0.2) is 6.29 Å². The van der Waals surface area contributed by atoms with Gasteiger partial charge in [-0.25, -0.2) is 9.67 Å². The van der Waals surface area contributed by atoms with Crippen molar-refractivity contribution in [3.8, 4) is 0 Å². The Kier molecular flexibility index (Phi) is 17.8. The lowest BCUT2D eigenvalue weighted by molar-refractivity contribution is -0.302. The van der Waals surface area contributed by atoms with E-state index in [0.717, 1.165) is 0 Å². The first-order valence-electron chi connectivity index (χ1n) is 23.4. The summed E-state index contributed by atoms with van der Waals surface area (Å²) >= 11 is 0. The number of esters is 1. The fourth-order valence-electron chi connectivity index (χ4n) is 10.9. The number of aliphatic hydroxyl groups is 5. The topological polar surface area (TPSA) is 214 Å². The van der Waals surface area contributed by atoms with Crippen molar-refractivity contribution in [2.24, 2.45) is 23.7 Å². The summed E-state index contributed by atoms with van der Waals surface area (Å²) in [7, 11) is 5.27. The van der Waals surface area contributed by atoms with Crippen molar-refractivity contribution in [1.82, 2.24) is 29.8 Å². The number of cyclic esters (lactones) is 1. The maximum absolute atomic E-state index is 14.6. The standard InChI is InChI=1S/C47H79FN6O11/c1-14-36-47(10,60)39(56)30(6)53(12)23-26(2)21-45(8,59)41(28(4)37(29(5)43(58)64-36)35-22-46(9,61-13)40(57)31(7)63-35)65-44-38(55)34(20-27(3)62-44)52(11)19-17-33-25-54(51-50-33)24-32-16-15-18-49-42(32)48/h15-16,18,25-31,34-41,44,55-57,59-60H,14,17,19-24H2,1-13H3/t26-,27-,28+,29-,30-,31+,34+,35?,36-,37+,38-,39-,40+,41-,44+,45-,46-,47-/m1/s1. The first-order valence-corrected chi connectivity index (χ1v) is 23.4. The summed E-state index contributed by atoms with van der Waals surface area (Å²) in [4.78, 5) is 22.2. The zero-order valence-corrected chi connectivity index (χ0v) is 40.9. The summed E-state index contributed by atoms with van der Waals surface area (Å²) in [6.45, 7) is 18.9. The molecule has 1 unspecified atom stereocenters. The largest absolute Gasteiger partial charge is 0.459 e. The lowest BCUT2D eigenvalue weighted by Gasteiger charge is -2.51. The highest BCUT2D eigenvalue weighted by Gasteiger charge is 2.55. The van der Waals surface area contributed by atoms with Gasteiger partial charge in [0.05, 0.1) is 53.8 Å². The molecule has 5 N–H and O–H groups in total. The van der Waals surface area contributed by atoms with Gasteiger partial charge in [0.25, 0.3) is 0 Å². The third-order valence-corrected chi connectivity index (χ3v) is 14.9. The highest BCUT2D eigenvalue weighted by Crippen LogP contribution is 2.45. The van der Waals surface area contributed by atoms with Crippen molar-refractivity contribution in [2.75, 3.05) is 34.3 Å². The Morgan fingerprint density at radius 3 is 2.37 bits per heavy atom. The molecule has 5 heterocycles. The maximum atomic E-state index is 14.6. The summed E-state index contributed by atoms with van der Waals surface area (Å²) in [5, 5.41) is 68.3. The molecule has 0 amide bonds. The average molecular weight is 923 g/mol. The van der Waals surface area contributed by atoms with Crippen LogP contribution in [0.25, 0.3) is 0 Å². The van der Waals surface area contributed by atoms with Crippen LogP contribution < -0.4 is 0 Å². The highest BCUT2D eigenvalue weighted by atomic mass is 19.1. The number of ether oxygens (including phenoxy) is 5. The quantitative estimate of drug-likeness (QED) is 0.162. The molecular formula is C47H79FN6O11. The molecule has 0 spiro atoms. The lowest BCUT2D eigenvalue weighted by atomic mass is 9.68. The smallest absolute Gasteiger partial charge is 0.309 e. The van der Waals surface area contributed by atoms with Crippen molar-refractivity contribution in [3.05, 3.63) is 41.7 Å². The molecule has 65 heavy (non-hydrogen) atoms. The second-order valence-electron chi connectivity index (χ2n) is 20.4. The number of pyridine rings is 1. The lowest BCUT2D eigenvalue weighted by Crippen LogP contribution is -2.62. The molecule has 370 valence electrons. The Bertz CT molecular complexity index is 1840. The van der Waals surface area contributed by atoms with Gasteiger partial charge in [0.1, 0.15) is 30.0 Å². The number of aliphatic hydroxyl groups excluding tert-OH is 3. The Morgan fingerprint density at radius 2 is 1.72 bits per heavy atom. The molecule has 0 aliphatic carbocycles. The predicted octanol–water partition coefficient (Wildman–Crippen LogP) is 2.96. The minimum atomic E-state index is -1.82. The van der Waals surface area contributed by atoms with Gasteiger partial charge in [-0.05, 0) is 92.8 Å². The van der Waals surface area contributed by atoms with E-state index >= 15 is 0 Å². The molecule has 2 aromatic heterocycles. The van der Waals surface area contributed by atoms with Crippen molar-refractivity contribution in [2.45, 2.75) is 192 Å². The summed E-state index contributed by atoms with van der Waals surface area (Å²) in [5.74, 6) is -3.73. The zero-order valence-electron chi connectivity index (χ0n) is 40.9. The van der Waals surface area contributed by atoms with Gasteiger partial charge in [0, 0.05) is 69.0 Å². The van der Waals surface area contributed by atoms with Gasteiger partial charge in [-0.3, -0.25) is 4.79 Å². The van der Waals surface area contributed by atoms with E-state index in [-0.39, 0.29) is 37.8 Å². The van der Waals surface area contributed by atoms with E-state index in [1.807, 2.05) is 44.7 Å². The number of carbonyl (C=O) groups excluding carboxylic acids is 1. The van der Waals surface area contributed by atoms with Gasteiger partial charge < -0.3 is 59.0 Å². The van der Waals surface area contributed by atoms with Crippen LogP contribution in [-0.4, -0.2) is 180 Å². The molecule has 3 fully saturated rings. The Hall–Kier alpha value is -2.75. The molecule has 17 nitrogen and oxygen atoms in total. The van der Waals surface area contributed by atoms with Crippen molar-refractivity contribution in [1.29, 1.82) is 0 Å². The van der Waals surface area contributed by atoms with Crippen LogP contribution in [0.1, 0.15) is 106 Å². The van der Waals surface area contributed by atoms with Gasteiger partial charge in [-0.1, -0.05) is 39.0 Å². The molecule has 3 saturated heterocycles. The molecule has 0 aromatic carbocycles. The number of halogens is 1. The van der Waals surface area contributed by atoms with Crippen LogP contribution in [0, 0.1) is 29.6 Å².